The van der Waals surface area contributed by atoms with Gasteiger partial charge in [-0.1, -0.05) is 0 Å². The van der Waals surface area contributed by atoms with Crippen LogP contribution < -0.4 is 0 Å². The number of H-pyrrole nitrogens is 1. The fourth-order valence-electron chi connectivity index (χ4n) is 0.554. The molecule has 0 spiro atoms. The number of hydrogen-bond donors (Lipinski definition) is 1. The number of hydrogen-bond acceptors (Lipinski definition) is 3. The Morgan fingerprint density at radius 1 is 1.50 bits per heavy atom. The van der Waals surface area contributed by atoms with Gasteiger partial charge in [0.25, 0.3) is 0 Å². The van der Waals surface area contributed by atoms with Crippen LogP contribution in [0, 0.1) is 0 Å². The molecule has 0 aliphatic heterocycles. The van der Waals surface area contributed by atoms with Gasteiger partial charge in [0.15, 0.2) is 0 Å². The zero-order valence-electron chi connectivity index (χ0n) is 6.38. The standard InChI is InChI=1S/C5H11GeN3S/c1-6(2,3)10-5-4-7-9-8-5/h4H,1-3H3,(H,7,8,9). The summed E-state index contributed by atoms with van der Waals surface area (Å²) in [5.41, 5.74) is 0. The van der Waals surface area contributed by atoms with Gasteiger partial charge in [-0.3, -0.25) is 0 Å². The molecule has 0 fully saturated rings. The van der Waals surface area contributed by atoms with Crippen molar-refractivity contribution in [3.05, 3.63) is 6.20 Å². The van der Waals surface area contributed by atoms with E-state index in [1.54, 1.807) is 6.20 Å². The van der Waals surface area contributed by atoms with Crippen LogP contribution in [0.1, 0.15) is 0 Å². The molecule has 0 unspecified atom stereocenters. The van der Waals surface area contributed by atoms with Crippen molar-refractivity contribution in [2.45, 2.75) is 22.3 Å². The monoisotopic (exact) mass is 219 g/mol. The molecule has 0 bridgehead atoms. The van der Waals surface area contributed by atoms with Crippen molar-refractivity contribution in [2.24, 2.45) is 0 Å². The summed E-state index contributed by atoms with van der Waals surface area (Å²) in [6.45, 7) is 0. The molecule has 0 aliphatic rings. The Balaban J connectivity index is 2.57. The van der Waals surface area contributed by atoms with Gasteiger partial charge in [-0.05, 0) is 0 Å². The van der Waals surface area contributed by atoms with E-state index in [2.05, 4.69) is 32.7 Å². The van der Waals surface area contributed by atoms with Crippen molar-refractivity contribution in [1.29, 1.82) is 0 Å². The Labute approximate surface area is 66.4 Å². The SMILES string of the molecule is [CH3][Ge]([CH3])([CH3])[S]c1cn[nH]n1. The van der Waals surface area contributed by atoms with Crippen LogP contribution >= 0.6 is 10.1 Å². The van der Waals surface area contributed by atoms with Gasteiger partial charge in [0.1, 0.15) is 0 Å². The van der Waals surface area contributed by atoms with Gasteiger partial charge in [-0.2, -0.15) is 0 Å². The predicted molar refractivity (Wildman–Crippen MR) is 45.6 cm³/mol. The molecule has 1 heterocycles. The maximum absolute atomic E-state index is 3.98. The second kappa shape index (κ2) is 2.96. The normalized spacial score (nSPS) is 11.9. The summed E-state index contributed by atoms with van der Waals surface area (Å²) in [6.07, 6.45) is 1.78. The second-order valence-corrected chi connectivity index (χ2v) is 20.2. The van der Waals surface area contributed by atoms with Crippen molar-refractivity contribution in [3.63, 3.8) is 0 Å². The van der Waals surface area contributed by atoms with Gasteiger partial charge < -0.3 is 0 Å². The Hall–Kier alpha value is 0.0329. The number of rotatable bonds is 2. The van der Waals surface area contributed by atoms with E-state index in [1.165, 1.54) is 0 Å². The minimum absolute atomic E-state index is 1.03. The number of nitrogens with zero attached hydrogens (tertiary/aromatic N) is 2. The molecule has 0 amide bonds. The first-order valence-corrected chi connectivity index (χ1v) is 12.8. The van der Waals surface area contributed by atoms with Crippen LogP contribution in [0.3, 0.4) is 0 Å². The maximum atomic E-state index is 3.98. The molecular weight excluding hydrogens is 207 g/mol. The summed E-state index contributed by atoms with van der Waals surface area (Å²) >= 11 is -1.52. The van der Waals surface area contributed by atoms with E-state index in [0.717, 1.165) is 5.03 Å². The molecule has 0 saturated heterocycles. The Kier molecular flexibility index (Phi) is 2.41. The summed E-state index contributed by atoms with van der Waals surface area (Å²) < 4.78 is 0. The van der Waals surface area contributed by atoms with Crippen molar-refractivity contribution >= 4 is 22.2 Å². The topological polar surface area (TPSA) is 41.6 Å². The molecule has 1 rings (SSSR count). The van der Waals surface area contributed by atoms with E-state index in [0.29, 0.717) is 0 Å². The van der Waals surface area contributed by atoms with Crippen molar-refractivity contribution in [1.82, 2.24) is 15.4 Å². The van der Waals surface area contributed by atoms with Gasteiger partial charge in [0.2, 0.25) is 0 Å². The zero-order valence-corrected chi connectivity index (χ0v) is 9.29. The van der Waals surface area contributed by atoms with Gasteiger partial charge in [-0.25, -0.2) is 0 Å². The average molecular weight is 218 g/mol. The third-order valence-corrected chi connectivity index (χ3v) is 6.99. The number of aromatic nitrogens is 3. The van der Waals surface area contributed by atoms with Crippen LogP contribution in [0.25, 0.3) is 0 Å². The predicted octanol–water partition coefficient (Wildman–Crippen LogP) is 1.73. The molecule has 1 N–H and O–H groups in total. The third kappa shape index (κ3) is 2.74. The summed E-state index contributed by atoms with van der Waals surface area (Å²) in [5, 5.41) is 11.4. The van der Waals surface area contributed by atoms with Gasteiger partial charge >= 0.3 is 66.1 Å². The molecule has 3 nitrogen and oxygen atoms in total. The van der Waals surface area contributed by atoms with E-state index >= 15 is 0 Å². The van der Waals surface area contributed by atoms with E-state index in [-0.39, 0.29) is 0 Å². The fraction of sp³-hybridized carbons (Fsp3) is 0.600. The molecule has 1 aromatic rings. The molecule has 1 aromatic heterocycles. The van der Waals surface area contributed by atoms with E-state index in [1.807, 2.05) is 10.1 Å². The second-order valence-electron chi connectivity index (χ2n) is 3.02. The first-order valence-electron chi connectivity index (χ1n) is 3.13. The minimum atomic E-state index is -1.52. The Morgan fingerprint density at radius 2 is 2.20 bits per heavy atom. The first kappa shape index (κ1) is 8.13. The van der Waals surface area contributed by atoms with Gasteiger partial charge in [0, 0.05) is 0 Å². The number of nitrogens with one attached hydrogen (secondary N) is 1. The van der Waals surface area contributed by atoms with Gasteiger partial charge in [-0.15, -0.1) is 0 Å². The average Bonchev–Trinajstić information content (AvgIpc) is 2.12. The number of aromatic amines is 1. The Bertz CT molecular complexity index is 191. The van der Waals surface area contributed by atoms with E-state index < -0.39 is 12.1 Å². The zero-order chi connectivity index (χ0) is 7.61. The molecule has 0 atom stereocenters. The third-order valence-electron chi connectivity index (χ3n) is 0.804. The molecule has 0 saturated carbocycles. The summed E-state index contributed by atoms with van der Waals surface area (Å²) in [4.78, 5) is 0. The van der Waals surface area contributed by atoms with Crippen LogP contribution in [0.4, 0.5) is 0 Å². The molecule has 0 aliphatic carbocycles. The summed E-state index contributed by atoms with van der Waals surface area (Å²) in [5.74, 6) is 7.00. The van der Waals surface area contributed by atoms with Crippen LogP contribution in [-0.2, 0) is 0 Å². The van der Waals surface area contributed by atoms with Crippen LogP contribution in [0.15, 0.2) is 11.2 Å². The molecule has 0 radical (unpaired) electrons. The summed E-state index contributed by atoms with van der Waals surface area (Å²) in [6, 6.07) is 0. The van der Waals surface area contributed by atoms with E-state index in [9.17, 15) is 0 Å². The van der Waals surface area contributed by atoms with Crippen molar-refractivity contribution in [3.8, 4) is 0 Å². The molecule has 0 aromatic carbocycles. The van der Waals surface area contributed by atoms with Crippen molar-refractivity contribution < 1.29 is 0 Å². The Morgan fingerprint density at radius 3 is 2.60 bits per heavy atom. The fourth-order valence-corrected chi connectivity index (χ4v) is 5.94. The van der Waals surface area contributed by atoms with Crippen LogP contribution in [-0.4, -0.2) is 27.5 Å². The molecule has 56 valence electrons. The van der Waals surface area contributed by atoms with Crippen LogP contribution in [0.2, 0.25) is 17.3 Å². The first-order chi connectivity index (χ1) is 4.58. The van der Waals surface area contributed by atoms with Crippen LogP contribution in [0.5, 0.6) is 0 Å². The molecule has 10 heavy (non-hydrogen) atoms. The molecular formula is C5H11GeN3S. The van der Waals surface area contributed by atoms with Gasteiger partial charge in [0.05, 0.1) is 0 Å². The van der Waals surface area contributed by atoms with Crippen molar-refractivity contribution in [2.75, 3.05) is 0 Å². The van der Waals surface area contributed by atoms with E-state index in [4.69, 9.17) is 0 Å². The molecule has 5 heteroatoms. The quantitative estimate of drug-likeness (QED) is 0.768. The summed E-state index contributed by atoms with van der Waals surface area (Å²) in [7, 11) is 1.89.